The van der Waals surface area contributed by atoms with Crippen LogP contribution in [0, 0.1) is 9.39 Å². The van der Waals surface area contributed by atoms with Crippen molar-refractivity contribution in [2.45, 2.75) is 12.5 Å². The number of rotatable bonds is 6. The molecule has 1 unspecified atom stereocenters. The molecular formula is C24H17BrFIN4O3S. The highest BCUT2D eigenvalue weighted by molar-refractivity contribution is 14.1. The summed E-state index contributed by atoms with van der Waals surface area (Å²) in [5.74, 6) is -1.93. The van der Waals surface area contributed by atoms with Crippen LogP contribution in [0.2, 0.25) is 0 Å². The lowest BCUT2D eigenvalue weighted by Crippen LogP contribution is -2.49. The van der Waals surface area contributed by atoms with Gasteiger partial charge in [-0.25, -0.2) is 9.40 Å². The highest BCUT2D eigenvalue weighted by atomic mass is 127. The van der Waals surface area contributed by atoms with Crippen LogP contribution in [-0.4, -0.2) is 33.9 Å². The average Bonchev–Trinajstić information content (AvgIpc) is 3.05. The summed E-state index contributed by atoms with van der Waals surface area (Å²) in [7, 11) is 0. The molecule has 0 radical (unpaired) electrons. The number of carbonyl (C=O) groups is 3. The Bertz CT molecular complexity index is 1290. The second kappa shape index (κ2) is 10.8. The molecule has 0 bridgehead atoms. The SMILES string of the molecule is O=C(CC1C(=O)N(c2ccc(F)cc2)C(=S)N1NC(=O)c1ccc(Br)cc1)Nc1ccc(I)cc1. The molecule has 11 heteroatoms. The Morgan fingerprint density at radius 1 is 1.00 bits per heavy atom. The summed E-state index contributed by atoms with van der Waals surface area (Å²) >= 11 is 11.0. The highest BCUT2D eigenvalue weighted by Gasteiger charge is 2.45. The van der Waals surface area contributed by atoms with Gasteiger partial charge in [0, 0.05) is 19.3 Å². The zero-order valence-electron chi connectivity index (χ0n) is 17.9. The maximum atomic E-state index is 13.5. The van der Waals surface area contributed by atoms with E-state index < -0.39 is 29.6 Å². The summed E-state index contributed by atoms with van der Waals surface area (Å²) in [6, 6.07) is 17.9. The number of nitrogens with one attached hydrogen (secondary N) is 2. The Kier molecular flexibility index (Phi) is 7.77. The molecule has 35 heavy (non-hydrogen) atoms. The van der Waals surface area contributed by atoms with Gasteiger partial charge >= 0.3 is 0 Å². The Morgan fingerprint density at radius 3 is 2.26 bits per heavy atom. The number of hydrogen-bond acceptors (Lipinski definition) is 4. The number of benzene rings is 3. The van der Waals surface area contributed by atoms with Crippen LogP contribution in [0.15, 0.2) is 77.3 Å². The normalized spacial score (nSPS) is 15.3. The fraction of sp³-hybridized carbons (Fsp3) is 0.0833. The van der Waals surface area contributed by atoms with Gasteiger partial charge in [0.15, 0.2) is 0 Å². The van der Waals surface area contributed by atoms with Crippen LogP contribution in [0.5, 0.6) is 0 Å². The van der Waals surface area contributed by atoms with Crippen LogP contribution in [0.3, 0.4) is 0 Å². The maximum absolute atomic E-state index is 13.5. The fourth-order valence-electron chi connectivity index (χ4n) is 3.42. The standard InChI is InChI=1S/C24H17BrFIN4O3S/c25-15-3-1-14(2-4-15)22(33)29-31-20(13-21(32)28-18-9-7-17(27)8-10-18)23(34)30(24(31)35)19-11-5-16(26)6-12-19/h1-12,20H,13H2,(H,28,32)(H,29,33). The maximum Gasteiger partial charge on any atom is 0.269 e. The minimum atomic E-state index is -1.10. The first-order valence-electron chi connectivity index (χ1n) is 10.3. The molecule has 1 fully saturated rings. The Labute approximate surface area is 227 Å². The van der Waals surface area contributed by atoms with E-state index in [0.29, 0.717) is 16.9 Å². The van der Waals surface area contributed by atoms with Crippen LogP contribution >= 0.6 is 50.7 Å². The zero-order valence-corrected chi connectivity index (χ0v) is 22.4. The Morgan fingerprint density at radius 2 is 1.63 bits per heavy atom. The van der Waals surface area contributed by atoms with Gasteiger partial charge in [0.05, 0.1) is 12.1 Å². The first-order chi connectivity index (χ1) is 16.7. The van der Waals surface area contributed by atoms with Gasteiger partial charge in [-0.05, 0) is 108 Å². The van der Waals surface area contributed by atoms with Crippen molar-refractivity contribution in [2.24, 2.45) is 0 Å². The third-order valence-electron chi connectivity index (χ3n) is 5.13. The van der Waals surface area contributed by atoms with Crippen molar-refractivity contribution in [3.05, 3.63) is 92.2 Å². The van der Waals surface area contributed by atoms with Crippen molar-refractivity contribution in [1.82, 2.24) is 10.4 Å². The molecule has 3 amide bonds. The van der Waals surface area contributed by atoms with Crippen LogP contribution in [0.25, 0.3) is 0 Å². The number of thiocarbonyl (C=S) groups is 1. The van der Waals surface area contributed by atoms with Gasteiger partial charge in [-0.2, -0.15) is 0 Å². The minimum Gasteiger partial charge on any atom is -0.326 e. The van der Waals surface area contributed by atoms with Gasteiger partial charge in [-0.3, -0.25) is 24.7 Å². The Hall–Kier alpha value is -2.90. The lowest BCUT2D eigenvalue weighted by Gasteiger charge is -2.24. The van der Waals surface area contributed by atoms with E-state index in [2.05, 4.69) is 49.3 Å². The van der Waals surface area contributed by atoms with Gasteiger partial charge < -0.3 is 5.32 Å². The first-order valence-corrected chi connectivity index (χ1v) is 12.6. The molecule has 0 saturated carbocycles. The van der Waals surface area contributed by atoms with Crippen molar-refractivity contribution in [3.63, 3.8) is 0 Å². The number of hydrazine groups is 1. The molecule has 7 nitrogen and oxygen atoms in total. The summed E-state index contributed by atoms with van der Waals surface area (Å²) in [4.78, 5) is 40.3. The molecule has 1 saturated heterocycles. The molecule has 3 aromatic rings. The van der Waals surface area contributed by atoms with Crippen molar-refractivity contribution in [3.8, 4) is 0 Å². The molecule has 0 aliphatic carbocycles. The minimum absolute atomic E-state index is 0.0286. The number of halogens is 3. The second-order valence-electron chi connectivity index (χ2n) is 7.53. The molecule has 0 spiro atoms. The molecule has 4 rings (SSSR count). The molecule has 1 atom stereocenters. The first kappa shape index (κ1) is 25.2. The third-order valence-corrected chi connectivity index (χ3v) is 6.76. The van der Waals surface area contributed by atoms with Crippen LogP contribution in [0.1, 0.15) is 16.8 Å². The van der Waals surface area contributed by atoms with Crippen LogP contribution < -0.4 is 15.6 Å². The van der Waals surface area contributed by atoms with Crippen molar-refractivity contribution in [2.75, 3.05) is 10.2 Å². The molecule has 3 aromatic carbocycles. The van der Waals surface area contributed by atoms with E-state index in [4.69, 9.17) is 12.2 Å². The lowest BCUT2D eigenvalue weighted by atomic mass is 10.1. The quantitative estimate of drug-likeness (QED) is 0.290. The number of carbonyl (C=O) groups excluding carboxylic acids is 3. The summed E-state index contributed by atoms with van der Waals surface area (Å²) in [6.07, 6.45) is -0.275. The van der Waals surface area contributed by atoms with Gasteiger partial charge in [0.2, 0.25) is 11.0 Å². The largest absolute Gasteiger partial charge is 0.326 e. The summed E-state index contributed by atoms with van der Waals surface area (Å²) < 4.78 is 15.3. The number of hydrogen-bond donors (Lipinski definition) is 2. The van der Waals surface area contributed by atoms with Crippen LogP contribution in [0.4, 0.5) is 15.8 Å². The molecule has 0 aromatic heterocycles. The number of anilines is 2. The molecule has 178 valence electrons. The monoisotopic (exact) mass is 666 g/mol. The summed E-state index contributed by atoms with van der Waals surface area (Å²) in [5, 5.41) is 3.93. The van der Waals surface area contributed by atoms with E-state index in [-0.39, 0.29) is 11.5 Å². The number of amides is 3. The summed E-state index contributed by atoms with van der Waals surface area (Å²) in [6.45, 7) is 0. The van der Waals surface area contributed by atoms with Gasteiger partial charge in [-0.15, -0.1) is 0 Å². The van der Waals surface area contributed by atoms with Crippen molar-refractivity contribution >= 4 is 84.9 Å². The topological polar surface area (TPSA) is 81.8 Å². The molecule has 1 heterocycles. The predicted molar refractivity (Wildman–Crippen MR) is 146 cm³/mol. The number of nitrogens with zero attached hydrogens (tertiary/aromatic N) is 2. The van der Waals surface area contributed by atoms with E-state index in [1.807, 2.05) is 12.1 Å². The van der Waals surface area contributed by atoms with Gasteiger partial charge in [-0.1, -0.05) is 15.9 Å². The lowest BCUT2D eigenvalue weighted by molar-refractivity contribution is -0.124. The molecule has 1 aliphatic heterocycles. The molecular weight excluding hydrogens is 650 g/mol. The van der Waals surface area contributed by atoms with Crippen molar-refractivity contribution in [1.29, 1.82) is 0 Å². The van der Waals surface area contributed by atoms with E-state index >= 15 is 0 Å². The average molecular weight is 667 g/mol. The third kappa shape index (κ3) is 5.85. The smallest absolute Gasteiger partial charge is 0.269 e. The van der Waals surface area contributed by atoms with Gasteiger partial charge in [0.1, 0.15) is 11.9 Å². The fourth-order valence-corrected chi connectivity index (χ4v) is 4.42. The molecule has 2 N–H and O–H groups in total. The predicted octanol–water partition coefficient (Wildman–Crippen LogP) is 4.87. The zero-order chi connectivity index (χ0) is 25.1. The van der Waals surface area contributed by atoms with E-state index in [1.54, 1.807) is 36.4 Å². The van der Waals surface area contributed by atoms with Crippen LogP contribution in [-0.2, 0) is 9.59 Å². The van der Waals surface area contributed by atoms with E-state index in [9.17, 15) is 18.8 Å². The summed E-state index contributed by atoms with van der Waals surface area (Å²) in [5.41, 5.74) is 3.89. The van der Waals surface area contributed by atoms with E-state index in [1.165, 1.54) is 34.2 Å². The van der Waals surface area contributed by atoms with Crippen molar-refractivity contribution < 1.29 is 18.8 Å². The van der Waals surface area contributed by atoms with Gasteiger partial charge in [0.25, 0.3) is 11.8 Å². The highest BCUT2D eigenvalue weighted by Crippen LogP contribution is 2.27. The van der Waals surface area contributed by atoms with E-state index in [0.717, 1.165) is 8.04 Å². The Balaban J connectivity index is 1.59. The second-order valence-corrected chi connectivity index (χ2v) is 10.1. The molecule has 1 aliphatic rings.